The van der Waals surface area contributed by atoms with Gasteiger partial charge in [0.15, 0.2) is 0 Å². The summed E-state index contributed by atoms with van der Waals surface area (Å²) in [5.41, 5.74) is 0. The quantitative estimate of drug-likeness (QED) is 0.0321. The van der Waals surface area contributed by atoms with Crippen LogP contribution in [0.15, 0.2) is 60.8 Å². The number of unbranched alkanes of at least 4 members (excludes halogenated alkanes) is 28. The largest absolute Gasteiger partial charge is 0.462 e. The maximum atomic E-state index is 13.2. The average molecular weight is 911 g/mol. The molecule has 0 aliphatic heterocycles. The summed E-state index contributed by atoms with van der Waals surface area (Å²) in [7, 11) is 0. The average Bonchev–Trinajstić information content (AvgIpc) is 3.30. The second kappa shape index (κ2) is 52.5. The Balaban J connectivity index is 4.66. The zero-order valence-corrected chi connectivity index (χ0v) is 43.1. The molecule has 0 heterocycles. The highest BCUT2D eigenvalue weighted by Crippen LogP contribution is 2.18. The van der Waals surface area contributed by atoms with Crippen LogP contribution in [0.4, 0.5) is 0 Å². The second-order valence-corrected chi connectivity index (χ2v) is 19.0. The molecule has 0 aromatic heterocycles. The predicted molar refractivity (Wildman–Crippen MR) is 282 cm³/mol. The van der Waals surface area contributed by atoms with E-state index >= 15 is 0 Å². The fraction of sp³-hybridized carbons (Fsp3) is 0.797. The Hall–Kier alpha value is -2.44. The van der Waals surface area contributed by atoms with Crippen molar-refractivity contribution in [1.82, 2.24) is 5.32 Å². The highest BCUT2D eigenvalue weighted by atomic mass is 16.5. The Bertz CT molecular complexity index is 1160. The fourth-order valence-electron chi connectivity index (χ4n) is 8.42. The van der Waals surface area contributed by atoms with Gasteiger partial charge in [-0.3, -0.25) is 9.59 Å². The molecule has 0 radical (unpaired) electrons. The molecule has 0 spiro atoms. The third kappa shape index (κ3) is 47.8. The van der Waals surface area contributed by atoms with Gasteiger partial charge in [0.1, 0.15) is 6.10 Å². The maximum absolute atomic E-state index is 13.2. The van der Waals surface area contributed by atoms with Crippen LogP contribution in [-0.2, 0) is 14.3 Å². The molecule has 0 fully saturated rings. The van der Waals surface area contributed by atoms with Crippen molar-refractivity contribution < 1.29 is 24.5 Å². The number of amides is 1. The summed E-state index contributed by atoms with van der Waals surface area (Å²) < 4.78 is 5.91. The zero-order chi connectivity index (χ0) is 47.4. The van der Waals surface area contributed by atoms with Gasteiger partial charge in [0, 0.05) is 6.42 Å². The number of hydrogen-bond donors (Lipinski definition) is 3. The van der Waals surface area contributed by atoms with Gasteiger partial charge in [-0.2, -0.15) is 0 Å². The molecule has 0 aliphatic carbocycles. The lowest BCUT2D eigenvalue weighted by molar-refractivity contribution is -0.150. The van der Waals surface area contributed by atoms with E-state index in [4.69, 9.17) is 4.74 Å². The van der Waals surface area contributed by atoms with Gasteiger partial charge in [-0.05, 0) is 57.8 Å². The minimum absolute atomic E-state index is 0.0498. The lowest BCUT2D eigenvalue weighted by atomic mass is 10.0. The molecular formula is C59H107NO5. The molecule has 6 heteroatoms. The Morgan fingerprint density at radius 1 is 0.462 bits per heavy atom. The molecule has 0 saturated heterocycles. The first kappa shape index (κ1) is 62.6. The van der Waals surface area contributed by atoms with Crippen molar-refractivity contribution in [3.05, 3.63) is 60.8 Å². The summed E-state index contributed by atoms with van der Waals surface area (Å²) in [6, 6.07) is -0.716. The normalized spacial score (nSPS) is 13.6. The molecule has 3 unspecified atom stereocenters. The van der Waals surface area contributed by atoms with Crippen LogP contribution in [-0.4, -0.2) is 46.9 Å². The first-order chi connectivity index (χ1) is 32.0. The minimum atomic E-state index is -0.800. The number of ether oxygens (including phenoxy) is 1. The summed E-state index contributed by atoms with van der Waals surface area (Å²) in [6.07, 6.45) is 65.8. The van der Waals surface area contributed by atoms with Crippen molar-refractivity contribution in [2.75, 3.05) is 6.61 Å². The number of allylic oxidation sites excluding steroid dienone is 10. The molecule has 6 nitrogen and oxygen atoms in total. The number of carbonyl (C=O) groups excluding carboxylic acids is 2. The van der Waals surface area contributed by atoms with E-state index in [1.54, 1.807) is 0 Å². The Morgan fingerprint density at radius 2 is 0.800 bits per heavy atom. The van der Waals surface area contributed by atoms with Gasteiger partial charge in [0.05, 0.1) is 25.2 Å². The van der Waals surface area contributed by atoms with Crippen molar-refractivity contribution in [3.63, 3.8) is 0 Å². The molecule has 0 rings (SSSR count). The standard InChI is InChI=1S/C59H107NO5/c1-4-7-10-13-16-19-22-25-27-29-30-33-35-38-41-44-47-50-55(65-59(64)52-49-46-43-40-37-34-31-28-26-23-20-17-14-11-8-5-2)53-58(63)60-56(54-61)57(62)51-48-45-42-39-36-32-24-21-18-15-12-9-6-3/h8,11,17,20,26,28,34,37,43,46,55-57,61-62H,4-7,9-10,12-16,18-19,21-25,27,29-33,35-36,38-42,44-45,47-54H2,1-3H3,(H,60,63)/b11-8+,20-17+,28-26+,37-34+,46-43+. The van der Waals surface area contributed by atoms with Crippen LogP contribution >= 0.6 is 0 Å². The lowest BCUT2D eigenvalue weighted by Crippen LogP contribution is -2.46. The zero-order valence-electron chi connectivity index (χ0n) is 43.1. The smallest absolute Gasteiger partial charge is 0.306 e. The molecule has 0 aromatic carbocycles. The second-order valence-electron chi connectivity index (χ2n) is 19.0. The highest BCUT2D eigenvalue weighted by molar-refractivity contribution is 5.77. The summed E-state index contributed by atoms with van der Waals surface area (Å²) in [6.45, 7) is 6.38. The SMILES string of the molecule is CC/C=C/C/C=C/C/C=C/C/C=C/C/C=C/CCC(=O)OC(CCCCCCCCCCCCCCCCCCC)CC(=O)NC(CO)C(O)CCCCCCCCCCCCCCC. The fourth-order valence-corrected chi connectivity index (χ4v) is 8.42. The Morgan fingerprint density at radius 3 is 1.17 bits per heavy atom. The van der Waals surface area contributed by atoms with E-state index in [1.165, 1.54) is 154 Å². The molecule has 65 heavy (non-hydrogen) atoms. The first-order valence-electron chi connectivity index (χ1n) is 28.0. The number of aliphatic hydroxyl groups excluding tert-OH is 2. The first-order valence-corrected chi connectivity index (χ1v) is 28.0. The van der Waals surface area contributed by atoms with E-state index in [9.17, 15) is 19.8 Å². The van der Waals surface area contributed by atoms with Crippen molar-refractivity contribution in [3.8, 4) is 0 Å². The monoisotopic (exact) mass is 910 g/mol. The Labute approximate surface area is 403 Å². The van der Waals surface area contributed by atoms with Crippen LogP contribution < -0.4 is 5.32 Å². The van der Waals surface area contributed by atoms with Gasteiger partial charge in [0.25, 0.3) is 0 Å². The van der Waals surface area contributed by atoms with Crippen LogP contribution in [0, 0.1) is 0 Å². The minimum Gasteiger partial charge on any atom is -0.462 e. The summed E-state index contributed by atoms with van der Waals surface area (Å²) in [4.78, 5) is 26.2. The number of hydrogen-bond acceptors (Lipinski definition) is 5. The molecule has 1 amide bonds. The van der Waals surface area contributed by atoms with Crippen LogP contribution in [0.2, 0.25) is 0 Å². The van der Waals surface area contributed by atoms with Crippen molar-refractivity contribution in [2.45, 2.75) is 296 Å². The van der Waals surface area contributed by atoms with Gasteiger partial charge in [-0.1, -0.05) is 268 Å². The summed E-state index contributed by atoms with van der Waals surface area (Å²) >= 11 is 0. The molecule has 3 N–H and O–H groups in total. The van der Waals surface area contributed by atoms with Crippen LogP contribution in [0.5, 0.6) is 0 Å². The number of carbonyl (C=O) groups is 2. The van der Waals surface area contributed by atoms with E-state index in [2.05, 4.69) is 80.8 Å². The Kier molecular flexibility index (Phi) is 50.6. The molecule has 0 aromatic rings. The maximum Gasteiger partial charge on any atom is 0.306 e. The molecule has 0 bridgehead atoms. The predicted octanol–water partition coefficient (Wildman–Crippen LogP) is 17.2. The van der Waals surface area contributed by atoms with E-state index in [0.29, 0.717) is 19.3 Å². The number of aliphatic hydroxyl groups is 2. The van der Waals surface area contributed by atoms with Gasteiger partial charge < -0.3 is 20.3 Å². The van der Waals surface area contributed by atoms with E-state index in [1.807, 2.05) is 6.08 Å². The molecule has 378 valence electrons. The molecule has 0 saturated carbocycles. The van der Waals surface area contributed by atoms with Crippen molar-refractivity contribution >= 4 is 11.9 Å². The van der Waals surface area contributed by atoms with Crippen LogP contribution in [0.3, 0.4) is 0 Å². The lowest BCUT2D eigenvalue weighted by Gasteiger charge is -2.24. The number of rotatable bonds is 50. The van der Waals surface area contributed by atoms with Crippen LogP contribution in [0.1, 0.15) is 278 Å². The molecular weight excluding hydrogens is 803 g/mol. The summed E-state index contributed by atoms with van der Waals surface area (Å²) in [5, 5.41) is 23.8. The van der Waals surface area contributed by atoms with E-state index in [-0.39, 0.29) is 31.3 Å². The summed E-state index contributed by atoms with van der Waals surface area (Å²) in [5.74, 6) is -0.562. The van der Waals surface area contributed by atoms with Gasteiger partial charge in [0.2, 0.25) is 5.91 Å². The van der Waals surface area contributed by atoms with Crippen LogP contribution in [0.25, 0.3) is 0 Å². The molecule has 0 aliphatic rings. The van der Waals surface area contributed by atoms with Gasteiger partial charge in [-0.25, -0.2) is 0 Å². The number of esters is 1. The van der Waals surface area contributed by atoms with Gasteiger partial charge >= 0.3 is 5.97 Å². The highest BCUT2D eigenvalue weighted by Gasteiger charge is 2.24. The number of nitrogens with one attached hydrogen (secondary N) is 1. The van der Waals surface area contributed by atoms with Crippen molar-refractivity contribution in [1.29, 1.82) is 0 Å². The van der Waals surface area contributed by atoms with Crippen molar-refractivity contribution in [2.24, 2.45) is 0 Å². The third-order valence-electron chi connectivity index (χ3n) is 12.6. The third-order valence-corrected chi connectivity index (χ3v) is 12.6. The van der Waals surface area contributed by atoms with E-state index < -0.39 is 18.2 Å². The van der Waals surface area contributed by atoms with E-state index in [0.717, 1.165) is 70.6 Å². The topological polar surface area (TPSA) is 95.9 Å². The van der Waals surface area contributed by atoms with Gasteiger partial charge in [-0.15, -0.1) is 0 Å². The molecule has 3 atom stereocenters.